The van der Waals surface area contributed by atoms with Crippen LogP contribution >= 0.6 is 0 Å². The van der Waals surface area contributed by atoms with Gasteiger partial charge in [0.15, 0.2) is 17.3 Å². The van der Waals surface area contributed by atoms with E-state index >= 15 is 0 Å². The van der Waals surface area contributed by atoms with Gasteiger partial charge in [0, 0.05) is 11.1 Å². The Balaban J connectivity index is 2.64. The van der Waals surface area contributed by atoms with Crippen LogP contribution in [0.1, 0.15) is 70.0 Å². The molecule has 0 atom stereocenters. The molecule has 0 spiro atoms. The minimum Gasteiger partial charge on any atom is -0.502 e. The summed E-state index contributed by atoms with van der Waals surface area (Å²) in [7, 11) is 0. The van der Waals surface area contributed by atoms with Crippen molar-refractivity contribution < 1.29 is 19.4 Å². The second-order valence-corrected chi connectivity index (χ2v) is 8.66. The van der Waals surface area contributed by atoms with Gasteiger partial charge in [-0.1, -0.05) is 57.2 Å². The topological polar surface area (TPSA) is 55.8 Å². The standard InChI is InChI=1S/C25H32O4/c1-16(2)28-21-15-19(13-14-20(26)18-11-9-8-10-12-18)22(25(5,6)7)24(23(21)27)29-17(3)4/h8-17,27H,1-7H3/b14-13+. The number of phenols is 1. The van der Waals surface area contributed by atoms with Crippen LogP contribution in [0.2, 0.25) is 0 Å². The van der Waals surface area contributed by atoms with Crippen molar-refractivity contribution in [3.63, 3.8) is 0 Å². The summed E-state index contributed by atoms with van der Waals surface area (Å²) in [6.07, 6.45) is 3.08. The van der Waals surface area contributed by atoms with Crippen molar-refractivity contribution in [2.75, 3.05) is 0 Å². The molecule has 0 aliphatic heterocycles. The van der Waals surface area contributed by atoms with Crippen molar-refractivity contribution in [2.24, 2.45) is 0 Å². The predicted molar refractivity (Wildman–Crippen MR) is 118 cm³/mol. The van der Waals surface area contributed by atoms with Gasteiger partial charge in [-0.25, -0.2) is 0 Å². The summed E-state index contributed by atoms with van der Waals surface area (Å²) in [5.74, 6) is 0.646. The van der Waals surface area contributed by atoms with Crippen LogP contribution in [0.15, 0.2) is 42.5 Å². The molecule has 0 aliphatic rings. The van der Waals surface area contributed by atoms with Gasteiger partial charge >= 0.3 is 0 Å². The molecule has 0 unspecified atom stereocenters. The van der Waals surface area contributed by atoms with Gasteiger partial charge in [-0.05, 0) is 50.8 Å². The van der Waals surface area contributed by atoms with Crippen LogP contribution in [0.25, 0.3) is 6.08 Å². The number of hydrogen-bond acceptors (Lipinski definition) is 4. The molecule has 0 bridgehead atoms. The zero-order chi connectivity index (χ0) is 21.8. The minimum absolute atomic E-state index is 0.0103. The number of carbonyl (C=O) groups is 1. The number of phenolic OH excluding ortho intramolecular Hbond substituents is 1. The molecule has 2 aromatic rings. The summed E-state index contributed by atoms with van der Waals surface area (Å²) >= 11 is 0. The molecule has 156 valence electrons. The van der Waals surface area contributed by atoms with Crippen LogP contribution in [0.3, 0.4) is 0 Å². The summed E-state index contributed by atoms with van der Waals surface area (Å²) in [6, 6.07) is 10.9. The molecule has 4 heteroatoms. The molecule has 0 radical (unpaired) electrons. The molecule has 0 aliphatic carbocycles. The quantitative estimate of drug-likeness (QED) is 0.450. The second kappa shape index (κ2) is 9.17. The Morgan fingerprint density at radius 1 is 1.00 bits per heavy atom. The molecule has 4 nitrogen and oxygen atoms in total. The number of rotatable bonds is 7. The molecule has 1 N–H and O–H groups in total. The normalized spacial score (nSPS) is 12.0. The number of allylic oxidation sites excluding steroid dienone is 1. The van der Waals surface area contributed by atoms with E-state index in [2.05, 4.69) is 0 Å². The van der Waals surface area contributed by atoms with Crippen LogP contribution in [-0.2, 0) is 5.41 Å². The van der Waals surface area contributed by atoms with E-state index in [1.54, 1.807) is 30.4 Å². The van der Waals surface area contributed by atoms with Crippen LogP contribution < -0.4 is 9.47 Å². The lowest BCUT2D eigenvalue weighted by molar-refractivity contribution is 0.104. The Bertz CT molecular complexity index is 872. The second-order valence-electron chi connectivity index (χ2n) is 8.66. The molecule has 2 aromatic carbocycles. The monoisotopic (exact) mass is 396 g/mol. The molecule has 0 heterocycles. The third kappa shape index (κ3) is 5.86. The van der Waals surface area contributed by atoms with Crippen molar-refractivity contribution >= 4 is 11.9 Å². The van der Waals surface area contributed by atoms with Crippen molar-refractivity contribution in [2.45, 2.75) is 66.1 Å². The molecular formula is C25H32O4. The largest absolute Gasteiger partial charge is 0.502 e. The SMILES string of the molecule is CC(C)Oc1cc(/C=C/C(=O)c2ccccc2)c(C(C)(C)C)c(OC(C)C)c1O. The first kappa shape index (κ1) is 22.5. The summed E-state index contributed by atoms with van der Waals surface area (Å²) in [4.78, 5) is 12.6. The van der Waals surface area contributed by atoms with E-state index in [1.807, 2.05) is 66.7 Å². The van der Waals surface area contributed by atoms with Gasteiger partial charge in [-0.3, -0.25) is 4.79 Å². The fraction of sp³-hybridized carbons (Fsp3) is 0.400. The molecule has 0 fully saturated rings. The van der Waals surface area contributed by atoms with Gasteiger partial charge in [0.05, 0.1) is 12.2 Å². The third-order valence-electron chi connectivity index (χ3n) is 4.19. The Morgan fingerprint density at radius 3 is 2.10 bits per heavy atom. The zero-order valence-corrected chi connectivity index (χ0v) is 18.4. The Kier molecular flexibility index (Phi) is 7.12. The number of ketones is 1. The average Bonchev–Trinajstić information content (AvgIpc) is 2.62. The van der Waals surface area contributed by atoms with E-state index in [4.69, 9.17) is 9.47 Å². The molecule has 0 saturated carbocycles. The van der Waals surface area contributed by atoms with Crippen LogP contribution in [0, 0.1) is 0 Å². The first-order valence-corrected chi connectivity index (χ1v) is 10.0. The Hall–Kier alpha value is -2.75. The first-order valence-electron chi connectivity index (χ1n) is 10.0. The number of carbonyl (C=O) groups excluding carboxylic acids is 1. The van der Waals surface area contributed by atoms with Crippen molar-refractivity contribution in [3.05, 3.63) is 59.2 Å². The molecule has 2 rings (SSSR count). The van der Waals surface area contributed by atoms with Gasteiger partial charge < -0.3 is 14.6 Å². The molecular weight excluding hydrogens is 364 g/mol. The van der Waals surface area contributed by atoms with E-state index in [0.717, 1.165) is 11.1 Å². The molecule has 29 heavy (non-hydrogen) atoms. The summed E-state index contributed by atoms with van der Waals surface area (Å²) in [5, 5.41) is 10.9. The Labute approximate surface area is 174 Å². The van der Waals surface area contributed by atoms with Crippen LogP contribution in [-0.4, -0.2) is 23.1 Å². The maximum absolute atomic E-state index is 12.6. The lowest BCUT2D eigenvalue weighted by Gasteiger charge is -2.28. The maximum atomic E-state index is 12.6. The van der Waals surface area contributed by atoms with E-state index in [-0.39, 0.29) is 29.2 Å². The zero-order valence-electron chi connectivity index (χ0n) is 18.4. The lowest BCUT2D eigenvalue weighted by atomic mass is 9.82. The van der Waals surface area contributed by atoms with Gasteiger partial charge in [0.1, 0.15) is 0 Å². The van der Waals surface area contributed by atoms with E-state index in [9.17, 15) is 9.90 Å². The number of hydrogen-bond donors (Lipinski definition) is 1. The van der Waals surface area contributed by atoms with E-state index in [0.29, 0.717) is 17.1 Å². The predicted octanol–water partition coefficient (Wildman–Crippen LogP) is 6.16. The van der Waals surface area contributed by atoms with Crippen molar-refractivity contribution in [1.29, 1.82) is 0 Å². The fourth-order valence-corrected chi connectivity index (χ4v) is 3.11. The third-order valence-corrected chi connectivity index (χ3v) is 4.19. The summed E-state index contributed by atoms with van der Waals surface area (Å²) in [6.45, 7) is 13.8. The first-order chi connectivity index (χ1) is 13.5. The van der Waals surface area contributed by atoms with Crippen molar-refractivity contribution in [3.8, 4) is 17.2 Å². The highest BCUT2D eigenvalue weighted by Crippen LogP contribution is 2.47. The smallest absolute Gasteiger partial charge is 0.201 e. The van der Waals surface area contributed by atoms with E-state index in [1.165, 1.54) is 0 Å². The molecule has 0 aromatic heterocycles. The maximum Gasteiger partial charge on any atom is 0.201 e. The van der Waals surface area contributed by atoms with Gasteiger partial charge in [0.25, 0.3) is 0 Å². The fourth-order valence-electron chi connectivity index (χ4n) is 3.11. The van der Waals surface area contributed by atoms with Gasteiger partial charge in [0.2, 0.25) is 5.75 Å². The lowest BCUT2D eigenvalue weighted by Crippen LogP contribution is -2.18. The van der Waals surface area contributed by atoms with Gasteiger partial charge in [-0.2, -0.15) is 0 Å². The Morgan fingerprint density at radius 2 is 1.59 bits per heavy atom. The number of aromatic hydroxyl groups is 1. The average molecular weight is 397 g/mol. The minimum atomic E-state index is -0.326. The number of ether oxygens (including phenoxy) is 2. The van der Waals surface area contributed by atoms with Gasteiger partial charge in [-0.15, -0.1) is 0 Å². The highest BCUT2D eigenvalue weighted by molar-refractivity contribution is 6.06. The molecule has 0 saturated heterocycles. The van der Waals surface area contributed by atoms with Crippen LogP contribution in [0.5, 0.6) is 17.2 Å². The summed E-state index contributed by atoms with van der Waals surface area (Å²) < 4.78 is 11.8. The van der Waals surface area contributed by atoms with Crippen molar-refractivity contribution in [1.82, 2.24) is 0 Å². The summed E-state index contributed by atoms with van der Waals surface area (Å²) in [5.41, 5.74) is 1.91. The highest BCUT2D eigenvalue weighted by atomic mass is 16.5. The molecule has 0 amide bonds. The van der Waals surface area contributed by atoms with Crippen LogP contribution in [0.4, 0.5) is 0 Å². The highest BCUT2D eigenvalue weighted by Gasteiger charge is 2.28. The number of benzene rings is 2. The van der Waals surface area contributed by atoms with E-state index < -0.39 is 0 Å².